The average molecular weight is 462 g/mol. The summed E-state index contributed by atoms with van der Waals surface area (Å²) in [5.74, 6) is 2.10. The van der Waals surface area contributed by atoms with E-state index in [1.807, 2.05) is 55.5 Å². The van der Waals surface area contributed by atoms with Gasteiger partial charge in [0.2, 0.25) is 11.6 Å². The molecule has 0 unspecified atom stereocenters. The van der Waals surface area contributed by atoms with Gasteiger partial charge in [-0.25, -0.2) is 0 Å². The fourth-order valence-corrected chi connectivity index (χ4v) is 3.66. The number of nitrogens with one attached hydrogen (secondary N) is 1. The Morgan fingerprint density at radius 1 is 1.06 bits per heavy atom. The van der Waals surface area contributed by atoms with Crippen molar-refractivity contribution in [3.63, 3.8) is 0 Å². The summed E-state index contributed by atoms with van der Waals surface area (Å²) in [7, 11) is 1.61. The molecule has 1 N–H and O–H groups in total. The third kappa shape index (κ3) is 5.25. The summed E-state index contributed by atoms with van der Waals surface area (Å²) in [6.07, 6.45) is 4.93. The van der Waals surface area contributed by atoms with Gasteiger partial charge in [-0.3, -0.25) is 18.6 Å². The van der Waals surface area contributed by atoms with E-state index in [0.717, 1.165) is 17.1 Å². The van der Waals surface area contributed by atoms with E-state index in [9.17, 15) is 9.59 Å². The molecule has 9 nitrogen and oxygen atoms in total. The molecule has 0 bridgehead atoms. The second kappa shape index (κ2) is 10.7. The quantitative estimate of drug-likeness (QED) is 0.390. The molecule has 0 saturated heterocycles. The fourth-order valence-electron chi connectivity index (χ4n) is 3.66. The summed E-state index contributed by atoms with van der Waals surface area (Å²) in [6.45, 7) is 2.94. The Bertz CT molecular complexity index is 1330. The van der Waals surface area contributed by atoms with Crippen LogP contribution >= 0.6 is 0 Å². The highest BCUT2D eigenvalue weighted by Crippen LogP contribution is 2.15. The van der Waals surface area contributed by atoms with Crippen molar-refractivity contribution < 1.29 is 14.3 Å². The Morgan fingerprint density at radius 3 is 2.65 bits per heavy atom. The molecule has 0 fully saturated rings. The third-order valence-corrected chi connectivity index (χ3v) is 5.40. The number of aryl methyl sites for hydroxylation is 1. The van der Waals surface area contributed by atoms with Crippen LogP contribution in [0, 0.1) is 0 Å². The highest BCUT2D eigenvalue weighted by molar-refractivity contribution is 5.75. The normalized spacial score (nSPS) is 10.9. The molecule has 176 valence electrons. The lowest BCUT2D eigenvalue weighted by Crippen LogP contribution is -2.22. The second-order valence-corrected chi connectivity index (χ2v) is 7.69. The number of carbonyl (C=O) groups excluding carboxylic acids is 1. The first-order valence-corrected chi connectivity index (χ1v) is 11.2. The SMILES string of the molecule is CCOc1ccc(-n2ccn3c(CCCC(=O)NCc4cccc(OC)c4)nnc3c2=O)cc1. The summed E-state index contributed by atoms with van der Waals surface area (Å²) in [4.78, 5) is 25.2. The molecule has 0 aliphatic heterocycles. The topological polar surface area (TPSA) is 99.8 Å². The van der Waals surface area contributed by atoms with Crippen molar-refractivity contribution in [2.45, 2.75) is 32.7 Å². The van der Waals surface area contributed by atoms with E-state index in [4.69, 9.17) is 9.47 Å². The molecule has 34 heavy (non-hydrogen) atoms. The number of nitrogens with zero attached hydrogens (tertiary/aromatic N) is 4. The van der Waals surface area contributed by atoms with Crippen LogP contribution in [0.25, 0.3) is 11.3 Å². The monoisotopic (exact) mass is 461 g/mol. The van der Waals surface area contributed by atoms with Gasteiger partial charge in [-0.2, -0.15) is 0 Å². The first-order chi connectivity index (χ1) is 16.6. The van der Waals surface area contributed by atoms with Crippen LogP contribution in [0.3, 0.4) is 0 Å². The van der Waals surface area contributed by atoms with Crippen molar-refractivity contribution in [1.82, 2.24) is 24.5 Å². The van der Waals surface area contributed by atoms with Crippen molar-refractivity contribution in [2.24, 2.45) is 0 Å². The van der Waals surface area contributed by atoms with Gasteiger partial charge in [-0.05, 0) is 55.3 Å². The van der Waals surface area contributed by atoms with Gasteiger partial charge in [-0.15, -0.1) is 10.2 Å². The van der Waals surface area contributed by atoms with Gasteiger partial charge in [0, 0.05) is 37.5 Å². The zero-order valence-electron chi connectivity index (χ0n) is 19.2. The highest BCUT2D eigenvalue weighted by atomic mass is 16.5. The summed E-state index contributed by atoms with van der Waals surface area (Å²) < 4.78 is 13.9. The van der Waals surface area contributed by atoms with E-state index in [2.05, 4.69) is 15.5 Å². The zero-order chi connectivity index (χ0) is 23.9. The molecule has 2 aromatic heterocycles. The van der Waals surface area contributed by atoms with Crippen molar-refractivity contribution in [3.8, 4) is 17.2 Å². The number of rotatable bonds is 10. The second-order valence-electron chi connectivity index (χ2n) is 7.69. The van der Waals surface area contributed by atoms with Crippen LogP contribution in [-0.2, 0) is 17.8 Å². The molecule has 1 amide bonds. The smallest absolute Gasteiger partial charge is 0.300 e. The molecule has 2 heterocycles. The van der Waals surface area contributed by atoms with E-state index in [-0.39, 0.29) is 17.1 Å². The maximum absolute atomic E-state index is 12.9. The predicted octanol–water partition coefficient (Wildman–Crippen LogP) is 2.93. The molecule has 0 spiro atoms. The minimum Gasteiger partial charge on any atom is -0.497 e. The van der Waals surface area contributed by atoms with Gasteiger partial charge in [0.15, 0.2) is 0 Å². The minimum atomic E-state index is -0.263. The van der Waals surface area contributed by atoms with E-state index >= 15 is 0 Å². The number of amides is 1. The molecule has 0 atom stereocenters. The molecule has 0 aliphatic carbocycles. The van der Waals surface area contributed by atoms with Crippen LogP contribution in [0.5, 0.6) is 11.5 Å². The molecule has 2 aromatic carbocycles. The lowest BCUT2D eigenvalue weighted by molar-refractivity contribution is -0.121. The zero-order valence-corrected chi connectivity index (χ0v) is 19.2. The third-order valence-electron chi connectivity index (χ3n) is 5.40. The molecule has 9 heteroatoms. The first kappa shape index (κ1) is 23.0. The average Bonchev–Trinajstić information content (AvgIpc) is 3.28. The minimum absolute atomic E-state index is 0.0468. The molecule has 4 aromatic rings. The van der Waals surface area contributed by atoms with Gasteiger partial charge in [0.25, 0.3) is 0 Å². The molecule has 0 radical (unpaired) electrons. The Morgan fingerprint density at radius 2 is 1.88 bits per heavy atom. The predicted molar refractivity (Wildman–Crippen MR) is 128 cm³/mol. The molecule has 4 rings (SSSR count). The highest BCUT2D eigenvalue weighted by Gasteiger charge is 2.12. The largest absolute Gasteiger partial charge is 0.497 e. The number of aromatic nitrogens is 4. The van der Waals surface area contributed by atoms with Crippen LogP contribution in [0.4, 0.5) is 0 Å². The standard InChI is InChI=1S/C25H27N5O4/c1-3-34-20-12-10-19(11-13-20)29-14-15-30-22(27-28-24(30)25(29)32)8-5-9-23(31)26-17-18-6-4-7-21(16-18)33-2/h4,6-7,10-16H,3,5,8-9,17H2,1-2H3,(H,26,31). The van der Waals surface area contributed by atoms with Crippen LogP contribution in [0.1, 0.15) is 31.2 Å². The molecule has 0 saturated carbocycles. The lowest BCUT2D eigenvalue weighted by Gasteiger charge is -2.08. The molecular weight excluding hydrogens is 434 g/mol. The Balaban J connectivity index is 1.36. The van der Waals surface area contributed by atoms with Gasteiger partial charge in [0.1, 0.15) is 17.3 Å². The summed E-state index contributed by atoms with van der Waals surface area (Å²) >= 11 is 0. The number of benzene rings is 2. The summed E-state index contributed by atoms with van der Waals surface area (Å²) in [6, 6.07) is 14.9. The van der Waals surface area contributed by atoms with Gasteiger partial charge < -0.3 is 14.8 Å². The van der Waals surface area contributed by atoms with E-state index < -0.39 is 0 Å². The lowest BCUT2D eigenvalue weighted by atomic mass is 10.2. The number of ether oxygens (including phenoxy) is 2. The van der Waals surface area contributed by atoms with Gasteiger partial charge in [-0.1, -0.05) is 12.1 Å². The summed E-state index contributed by atoms with van der Waals surface area (Å²) in [5, 5.41) is 11.2. The van der Waals surface area contributed by atoms with Crippen LogP contribution in [0.2, 0.25) is 0 Å². The maximum atomic E-state index is 12.9. The van der Waals surface area contributed by atoms with E-state index in [0.29, 0.717) is 43.9 Å². The molecule has 0 aliphatic rings. The maximum Gasteiger partial charge on any atom is 0.300 e. The first-order valence-electron chi connectivity index (χ1n) is 11.2. The number of fused-ring (bicyclic) bond motifs is 1. The fraction of sp³-hybridized carbons (Fsp3) is 0.280. The Hall–Kier alpha value is -4.14. The van der Waals surface area contributed by atoms with Gasteiger partial charge >= 0.3 is 5.56 Å². The van der Waals surface area contributed by atoms with Crippen molar-refractivity contribution >= 4 is 11.6 Å². The van der Waals surface area contributed by atoms with Crippen molar-refractivity contribution in [1.29, 1.82) is 0 Å². The van der Waals surface area contributed by atoms with Crippen molar-refractivity contribution in [3.05, 3.63) is 82.7 Å². The molecular formula is C25H27N5O4. The van der Waals surface area contributed by atoms with Crippen LogP contribution in [0.15, 0.2) is 65.7 Å². The number of hydrogen-bond donors (Lipinski definition) is 1. The van der Waals surface area contributed by atoms with E-state index in [1.54, 1.807) is 23.9 Å². The number of hydrogen-bond acceptors (Lipinski definition) is 6. The van der Waals surface area contributed by atoms with Crippen LogP contribution < -0.4 is 20.3 Å². The van der Waals surface area contributed by atoms with Gasteiger partial charge in [0.05, 0.1) is 13.7 Å². The van der Waals surface area contributed by atoms with Crippen molar-refractivity contribution in [2.75, 3.05) is 13.7 Å². The Kier molecular flexibility index (Phi) is 7.22. The van der Waals surface area contributed by atoms with E-state index in [1.165, 1.54) is 4.57 Å². The number of carbonyl (C=O) groups is 1. The van der Waals surface area contributed by atoms with Crippen LogP contribution in [-0.4, -0.2) is 38.8 Å². The Labute approximate surface area is 197 Å². The number of methoxy groups -OCH3 is 1. The summed E-state index contributed by atoms with van der Waals surface area (Å²) in [5.41, 5.74) is 1.67.